The van der Waals surface area contributed by atoms with Gasteiger partial charge in [-0.3, -0.25) is 4.79 Å². The van der Waals surface area contributed by atoms with E-state index in [4.69, 9.17) is 0 Å². The van der Waals surface area contributed by atoms with Crippen LogP contribution >= 0.6 is 0 Å². The maximum Gasteiger partial charge on any atom is 0.323 e. The molecule has 0 aromatic rings. The number of carboxylic acid groups (broad SMARTS) is 1. The van der Waals surface area contributed by atoms with Gasteiger partial charge in [-0.05, 0) is 39.3 Å². The second-order valence-corrected chi connectivity index (χ2v) is 5.47. The SMILES string of the molecule is CCCNC(C)(CCN(C)CC(C)C)C(=O)O. The van der Waals surface area contributed by atoms with Crippen LogP contribution in [-0.4, -0.2) is 48.2 Å². The molecule has 4 nitrogen and oxygen atoms in total. The summed E-state index contributed by atoms with van der Waals surface area (Å²) in [6.07, 6.45) is 1.58. The fourth-order valence-corrected chi connectivity index (χ4v) is 1.80. The van der Waals surface area contributed by atoms with Crippen LogP contribution < -0.4 is 5.32 Å². The van der Waals surface area contributed by atoms with E-state index < -0.39 is 11.5 Å². The number of nitrogens with zero attached hydrogens (tertiary/aromatic N) is 1. The first-order valence-corrected chi connectivity index (χ1v) is 6.48. The highest BCUT2D eigenvalue weighted by Crippen LogP contribution is 2.11. The molecule has 0 aromatic heterocycles. The molecule has 0 radical (unpaired) electrons. The summed E-state index contributed by atoms with van der Waals surface area (Å²) in [7, 11) is 2.04. The summed E-state index contributed by atoms with van der Waals surface area (Å²) in [6.45, 7) is 10.7. The second-order valence-electron chi connectivity index (χ2n) is 5.47. The summed E-state index contributed by atoms with van der Waals surface area (Å²) in [5.41, 5.74) is -0.804. The van der Waals surface area contributed by atoms with Crippen molar-refractivity contribution in [2.75, 3.05) is 26.7 Å². The van der Waals surface area contributed by atoms with Gasteiger partial charge in [0.1, 0.15) is 5.54 Å². The fraction of sp³-hybridized carbons (Fsp3) is 0.923. The molecule has 17 heavy (non-hydrogen) atoms. The van der Waals surface area contributed by atoms with E-state index in [9.17, 15) is 9.90 Å². The van der Waals surface area contributed by atoms with Crippen molar-refractivity contribution in [1.29, 1.82) is 0 Å². The molecule has 0 aliphatic heterocycles. The molecule has 0 spiro atoms. The number of aliphatic carboxylic acids is 1. The summed E-state index contributed by atoms with van der Waals surface area (Å²) < 4.78 is 0. The van der Waals surface area contributed by atoms with E-state index in [0.717, 1.165) is 26.1 Å². The molecule has 0 fully saturated rings. The zero-order valence-electron chi connectivity index (χ0n) is 11.9. The predicted molar refractivity (Wildman–Crippen MR) is 71.3 cm³/mol. The van der Waals surface area contributed by atoms with Crippen LogP contribution in [0.3, 0.4) is 0 Å². The van der Waals surface area contributed by atoms with Crippen molar-refractivity contribution in [2.24, 2.45) is 5.92 Å². The highest BCUT2D eigenvalue weighted by Gasteiger charge is 2.31. The van der Waals surface area contributed by atoms with Crippen LogP contribution in [0.2, 0.25) is 0 Å². The van der Waals surface area contributed by atoms with Crippen LogP contribution in [-0.2, 0) is 4.79 Å². The van der Waals surface area contributed by atoms with Gasteiger partial charge >= 0.3 is 5.97 Å². The lowest BCUT2D eigenvalue weighted by atomic mass is 9.97. The average Bonchev–Trinajstić information content (AvgIpc) is 2.22. The summed E-state index contributed by atoms with van der Waals surface area (Å²) >= 11 is 0. The molecule has 0 rings (SSSR count). The van der Waals surface area contributed by atoms with E-state index in [1.165, 1.54) is 0 Å². The minimum absolute atomic E-state index is 0.611. The third-order valence-corrected chi connectivity index (χ3v) is 2.91. The van der Waals surface area contributed by atoms with E-state index in [1.807, 2.05) is 14.0 Å². The van der Waals surface area contributed by atoms with E-state index in [2.05, 4.69) is 24.1 Å². The standard InChI is InChI=1S/C13H28N2O2/c1-6-8-14-13(4,12(16)17)7-9-15(5)10-11(2)3/h11,14H,6-10H2,1-5H3,(H,16,17). The Labute approximate surface area is 105 Å². The zero-order valence-corrected chi connectivity index (χ0v) is 11.9. The van der Waals surface area contributed by atoms with Crippen molar-refractivity contribution in [1.82, 2.24) is 10.2 Å². The molecule has 0 heterocycles. The van der Waals surface area contributed by atoms with Crippen molar-refractivity contribution in [2.45, 2.75) is 46.1 Å². The van der Waals surface area contributed by atoms with Crippen LogP contribution in [0.5, 0.6) is 0 Å². The number of carboxylic acids is 1. The van der Waals surface area contributed by atoms with Crippen molar-refractivity contribution in [3.05, 3.63) is 0 Å². The molecule has 4 heteroatoms. The summed E-state index contributed by atoms with van der Waals surface area (Å²) in [5.74, 6) is -0.149. The van der Waals surface area contributed by atoms with Gasteiger partial charge in [-0.25, -0.2) is 0 Å². The smallest absolute Gasteiger partial charge is 0.323 e. The maximum absolute atomic E-state index is 11.3. The molecule has 102 valence electrons. The Morgan fingerprint density at radius 3 is 2.47 bits per heavy atom. The average molecular weight is 244 g/mol. The summed E-state index contributed by atoms with van der Waals surface area (Å²) in [5, 5.41) is 12.4. The lowest BCUT2D eigenvalue weighted by Crippen LogP contribution is -2.51. The highest BCUT2D eigenvalue weighted by molar-refractivity contribution is 5.78. The van der Waals surface area contributed by atoms with Gasteiger partial charge in [-0.2, -0.15) is 0 Å². The number of carbonyl (C=O) groups is 1. The number of hydrogen-bond donors (Lipinski definition) is 2. The first kappa shape index (κ1) is 16.4. The Balaban J connectivity index is 4.21. The number of hydrogen-bond acceptors (Lipinski definition) is 3. The van der Waals surface area contributed by atoms with Crippen LogP contribution in [0.1, 0.15) is 40.5 Å². The van der Waals surface area contributed by atoms with Crippen molar-refractivity contribution >= 4 is 5.97 Å². The van der Waals surface area contributed by atoms with Gasteiger partial charge in [0.2, 0.25) is 0 Å². The van der Waals surface area contributed by atoms with Gasteiger partial charge in [0.25, 0.3) is 0 Å². The Kier molecular flexibility index (Phi) is 7.39. The van der Waals surface area contributed by atoms with Gasteiger partial charge in [-0.15, -0.1) is 0 Å². The largest absolute Gasteiger partial charge is 0.480 e. The molecule has 0 saturated carbocycles. The Morgan fingerprint density at radius 2 is 2.06 bits per heavy atom. The lowest BCUT2D eigenvalue weighted by Gasteiger charge is -2.29. The van der Waals surface area contributed by atoms with E-state index in [-0.39, 0.29) is 0 Å². The molecule has 0 amide bonds. The molecule has 0 bridgehead atoms. The summed E-state index contributed by atoms with van der Waals surface area (Å²) in [6, 6.07) is 0. The van der Waals surface area contributed by atoms with Gasteiger partial charge in [0, 0.05) is 13.1 Å². The molecule has 2 N–H and O–H groups in total. The quantitative estimate of drug-likeness (QED) is 0.649. The molecular weight excluding hydrogens is 216 g/mol. The second kappa shape index (κ2) is 7.67. The van der Waals surface area contributed by atoms with Crippen LogP contribution in [0.15, 0.2) is 0 Å². The topological polar surface area (TPSA) is 52.6 Å². The van der Waals surface area contributed by atoms with Gasteiger partial charge < -0.3 is 15.3 Å². The van der Waals surface area contributed by atoms with E-state index in [0.29, 0.717) is 12.3 Å². The molecule has 1 atom stereocenters. The Hall–Kier alpha value is -0.610. The highest BCUT2D eigenvalue weighted by atomic mass is 16.4. The van der Waals surface area contributed by atoms with Gasteiger partial charge in [0.05, 0.1) is 0 Å². The van der Waals surface area contributed by atoms with E-state index >= 15 is 0 Å². The number of nitrogens with one attached hydrogen (secondary N) is 1. The van der Waals surface area contributed by atoms with Crippen LogP contribution in [0.25, 0.3) is 0 Å². The molecule has 0 aliphatic rings. The fourth-order valence-electron chi connectivity index (χ4n) is 1.80. The molecule has 0 saturated heterocycles. The third-order valence-electron chi connectivity index (χ3n) is 2.91. The predicted octanol–water partition coefficient (Wildman–Crippen LogP) is 1.81. The lowest BCUT2D eigenvalue weighted by molar-refractivity contribution is -0.144. The Bertz CT molecular complexity index is 231. The molecular formula is C13H28N2O2. The third kappa shape index (κ3) is 6.64. The first-order valence-electron chi connectivity index (χ1n) is 6.48. The molecule has 1 unspecified atom stereocenters. The monoisotopic (exact) mass is 244 g/mol. The van der Waals surface area contributed by atoms with Crippen molar-refractivity contribution in [3.8, 4) is 0 Å². The van der Waals surface area contributed by atoms with E-state index in [1.54, 1.807) is 6.92 Å². The number of rotatable bonds is 9. The summed E-state index contributed by atoms with van der Waals surface area (Å²) in [4.78, 5) is 13.5. The van der Waals surface area contributed by atoms with Crippen LogP contribution in [0, 0.1) is 5.92 Å². The molecule has 0 aliphatic carbocycles. The normalized spacial score (nSPS) is 15.2. The molecule has 0 aromatic carbocycles. The van der Waals surface area contributed by atoms with Crippen molar-refractivity contribution < 1.29 is 9.90 Å². The van der Waals surface area contributed by atoms with Gasteiger partial charge in [-0.1, -0.05) is 20.8 Å². The first-order chi connectivity index (χ1) is 7.81. The zero-order chi connectivity index (χ0) is 13.5. The minimum atomic E-state index is -0.804. The minimum Gasteiger partial charge on any atom is -0.480 e. The van der Waals surface area contributed by atoms with Gasteiger partial charge in [0.15, 0.2) is 0 Å². The maximum atomic E-state index is 11.3. The van der Waals surface area contributed by atoms with Crippen LogP contribution in [0.4, 0.5) is 0 Å². The Morgan fingerprint density at radius 1 is 1.47 bits per heavy atom. The van der Waals surface area contributed by atoms with Crippen molar-refractivity contribution in [3.63, 3.8) is 0 Å².